The van der Waals surface area contributed by atoms with E-state index < -0.39 is 0 Å². The number of carbonyl (C=O) groups is 1. The lowest BCUT2D eigenvalue weighted by Gasteiger charge is -2.09. The Morgan fingerprint density at radius 1 is 1.67 bits per heavy atom. The van der Waals surface area contributed by atoms with Gasteiger partial charge in [0.25, 0.3) is 5.91 Å². The molecule has 1 atom stereocenters. The number of amides is 1. The maximum absolute atomic E-state index is 11.7. The maximum atomic E-state index is 11.7. The Kier molecular flexibility index (Phi) is 6.33. The summed E-state index contributed by atoms with van der Waals surface area (Å²) in [6.45, 7) is 1.14. The van der Waals surface area contributed by atoms with Crippen molar-refractivity contribution in [2.75, 3.05) is 20.3 Å². The van der Waals surface area contributed by atoms with Gasteiger partial charge in [-0.2, -0.15) is 5.26 Å². The maximum Gasteiger partial charge on any atom is 0.269 e. The SMILES string of the molecule is COCC(Br)CCNC(=O)c1ccc(C#N)cn1. The van der Waals surface area contributed by atoms with Crippen molar-refractivity contribution >= 4 is 21.8 Å². The van der Waals surface area contributed by atoms with Gasteiger partial charge >= 0.3 is 0 Å². The summed E-state index contributed by atoms with van der Waals surface area (Å²) in [6.07, 6.45) is 2.16. The highest BCUT2D eigenvalue weighted by molar-refractivity contribution is 9.09. The van der Waals surface area contributed by atoms with Crippen LogP contribution in [0.3, 0.4) is 0 Å². The fourth-order valence-electron chi connectivity index (χ4n) is 1.29. The molecule has 0 aromatic carbocycles. The number of ether oxygens (including phenoxy) is 1. The van der Waals surface area contributed by atoms with E-state index in [1.54, 1.807) is 13.2 Å². The van der Waals surface area contributed by atoms with Gasteiger partial charge < -0.3 is 10.1 Å². The molecule has 0 saturated heterocycles. The zero-order valence-electron chi connectivity index (χ0n) is 10.0. The quantitative estimate of drug-likeness (QED) is 0.808. The van der Waals surface area contributed by atoms with Gasteiger partial charge in [-0.25, -0.2) is 4.98 Å². The first kappa shape index (κ1) is 14.6. The van der Waals surface area contributed by atoms with Crippen LogP contribution >= 0.6 is 15.9 Å². The summed E-state index contributed by atoms with van der Waals surface area (Å²) in [5.41, 5.74) is 0.749. The molecule has 1 aromatic rings. The first-order chi connectivity index (χ1) is 8.67. The van der Waals surface area contributed by atoms with E-state index in [0.717, 1.165) is 6.42 Å². The second kappa shape index (κ2) is 7.80. The number of alkyl halides is 1. The van der Waals surface area contributed by atoms with Crippen LogP contribution in [0, 0.1) is 11.3 Å². The van der Waals surface area contributed by atoms with Crippen molar-refractivity contribution in [2.45, 2.75) is 11.2 Å². The summed E-state index contributed by atoms with van der Waals surface area (Å²) >= 11 is 3.44. The normalized spacial score (nSPS) is 11.6. The van der Waals surface area contributed by atoms with E-state index in [4.69, 9.17) is 10.00 Å². The molecule has 0 aliphatic carbocycles. The van der Waals surface area contributed by atoms with E-state index in [2.05, 4.69) is 26.2 Å². The van der Waals surface area contributed by atoms with E-state index >= 15 is 0 Å². The zero-order chi connectivity index (χ0) is 13.4. The highest BCUT2D eigenvalue weighted by Gasteiger charge is 2.08. The second-order valence-corrected chi connectivity index (χ2v) is 4.94. The molecule has 1 aromatic heterocycles. The Morgan fingerprint density at radius 2 is 2.44 bits per heavy atom. The number of hydrogen-bond donors (Lipinski definition) is 1. The lowest BCUT2D eigenvalue weighted by Crippen LogP contribution is -2.27. The van der Waals surface area contributed by atoms with Crippen molar-refractivity contribution < 1.29 is 9.53 Å². The minimum absolute atomic E-state index is 0.219. The summed E-state index contributed by atoms with van der Waals surface area (Å²) in [5, 5.41) is 11.4. The molecule has 1 amide bonds. The molecule has 1 heterocycles. The fourth-order valence-corrected chi connectivity index (χ4v) is 1.78. The smallest absolute Gasteiger partial charge is 0.269 e. The van der Waals surface area contributed by atoms with Crippen molar-refractivity contribution in [1.29, 1.82) is 5.26 Å². The molecular formula is C12H14BrN3O2. The number of methoxy groups -OCH3 is 1. The standard InChI is InChI=1S/C12H14BrN3O2/c1-18-8-10(13)4-5-15-12(17)11-3-2-9(6-14)7-16-11/h2-3,7,10H,4-5,8H2,1H3,(H,15,17). The molecule has 5 nitrogen and oxygen atoms in total. The molecule has 0 saturated carbocycles. The zero-order valence-corrected chi connectivity index (χ0v) is 11.6. The minimum Gasteiger partial charge on any atom is -0.384 e. The summed E-state index contributed by atoms with van der Waals surface area (Å²) in [5.74, 6) is -0.239. The van der Waals surface area contributed by atoms with Crippen LogP contribution in [-0.4, -0.2) is 36.0 Å². The molecule has 1 unspecified atom stereocenters. The van der Waals surface area contributed by atoms with E-state index in [1.807, 2.05) is 6.07 Å². The summed E-state index contributed by atoms with van der Waals surface area (Å²) in [7, 11) is 1.63. The number of halogens is 1. The summed E-state index contributed by atoms with van der Waals surface area (Å²) in [4.78, 5) is 15.8. The average molecular weight is 312 g/mol. The van der Waals surface area contributed by atoms with Crippen molar-refractivity contribution in [3.8, 4) is 6.07 Å². The minimum atomic E-state index is -0.239. The van der Waals surface area contributed by atoms with Crippen LogP contribution in [0.1, 0.15) is 22.5 Å². The highest BCUT2D eigenvalue weighted by atomic mass is 79.9. The van der Waals surface area contributed by atoms with Gasteiger partial charge in [0.2, 0.25) is 0 Å². The van der Waals surface area contributed by atoms with Crippen molar-refractivity contribution in [1.82, 2.24) is 10.3 Å². The number of nitrogens with zero attached hydrogens (tertiary/aromatic N) is 2. The van der Waals surface area contributed by atoms with E-state index in [0.29, 0.717) is 24.4 Å². The Balaban J connectivity index is 2.38. The Hall–Kier alpha value is -1.45. The molecule has 96 valence electrons. The first-order valence-corrected chi connectivity index (χ1v) is 6.36. The van der Waals surface area contributed by atoms with Gasteiger partial charge in [-0.15, -0.1) is 0 Å². The summed E-state index contributed by atoms with van der Waals surface area (Å²) < 4.78 is 4.97. The number of hydrogen-bond acceptors (Lipinski definition) is 4. The van der Waals surface area contributed by atoms with Crippen LogP contribution in [0.25, 0.3) is 0 Å². The molecule has 0 aliphatic rings. The lowest BCUT2D eigenvalue weighted by molar-refractivity contribution is 0.0947. The molecule has 0 aliphatic heterocycles. The molecule has 6 heteroatoms. The van der Waals surface area contributed by atoms with Gasteiger partial charge in [0.05, 0.1) is 12.2 Å². The van der Waals surface area contributed by atoms with Gasteiger partial charge in [0.15, 0.2) is 0 Å². The van der Waals surface area contributed by atoms with Gasteiger partial charge in [0.1, 0.15) is 11.8 Å². The number of nitriles is 1. The third-order valence-corrected chi connectivity index (χ3v) is 2.94. The van der Waals surface area contributed by atoms with Gasteiger partial charge in [0, 0.05) is 24.7 Å². The molecule has 1 rings (SSSR count). The van der Waals surface area contributed by atoms with Crippen LogP contribution < -0.4 is 5.32 Å². The molecular weight excluding hydrogens is 298 g/mol. The molecule has 1 N–H and O–H groups in total. The van der Waals surface area contributed by atoms with Crippen LogP contribution in [0.2, 0.25) is 0 Å². The van der Waals surface area contributed by atoms with Gasteiger partial charge in [-0.05, 0) is 18.6 Å². The number of pyridine rings is 1. The predicted octanol–water partition coefficient (Wildman–Crippen LogP) is 1.48. The largest absolute Gasteiger partial charge is 0.384 e. The molecule has 0 bridgehead atoms. The molecule has 18 heavy (non-hydrogen) atoms. The highest BCUT2D eigenvalue weighted by Crippen LogP contribution is 2.04. The number of aromatic nitrogens is 1. The van der Waals surface area contributed by atoms with Crippen molar-refractivity contribution in [2.24, 2.45) is 0 Å². The van der Waals surface area contributed by atoms with Crippen LogP contribution in [0.5, 0.6) is 0 Å². The van der Waals surface area contributed by atoms with E-state index in [9.17, 15) is 4.79 Å². The first-order valence-electron chi connectivity index (χ1n) is 5.44. The number of nitrogens with one attached hydrogen (secondary N) is 1. The van der Waals surface area contributed by atoms with Crippen LogP contribution in [-0.2, 0) is 4.74 Å². The molecule has 0 spiro atoms. The predicted molar refractivity (Wildman–Crippen MR) is 70.5 cm³/mol. The van der Waals surface area contributed by atoms with Crippen molar-refractivity contribution in [3.05, 3.63) is 29.6 Å². The average Bonchev–Trinajstić information content (AvgIpc) is 2.39. The van der Waals surface area contributed by atoms with Gasteiger partial charge in [-0.1, -0.05) is 15.9 Å². The monoisotopic (exact) mass is 311 g/mol. The summed E-state index contributed by atoms with van der Waals surface area (Å²) in [6, 6.07) is 5.06. The van der Waals surface area contributed by atoms with Gasteiger partial charge in [-0.3, -0.25) is 4.79 Å². The number of rotatable bonds is 6. The molecule has 0 radical (unpaired) electrons. The second-order valence-electron chi connectivity index (χ2n) is 3.64. The third kappa shape index (κ3) is 4.82. The van der Waals surface area contributed by atoms with Crippen LogP contribution in [0.4, 0.5) is 0 Å². The third-order valence-electron chi connectivity index (χ3n) is 2.22. The Labute approximate surface area is 114 Å². The van der Waals surface area contributed by atoms with Crippen molar-refractivity contribution in [3.63, 3.8) is 0 Å². The Bertz CT molecular complexity index is 428. The lowest BCUT2D eigenvalue weighted by atomic mass is 10.2. The Morgan fingerprint density at radius 3 is 3.00 bits per heavy atom. The van der Waals surface area contributed by atoms with E-state index in [1.165, 1.54) is 12.3 Å². The topological polar surface area (TPSA) is 75.0 Å². The fraction of sp³-hybridized carbons (Fsp3) is 0.417. The molecule has 0 fully saturated rings. The van der Waals surface area contributed by atoms with E-state index in [-0.39, 0.29) is 10.7 Å². The number of carbonyl (C=O) groups excluding carboxylic acids is 1. The van der Waals surface area contributed by atoms with Crippen LogP contribution in [0.15, 0.2) is 18.3 Å².